The Morgan fingerprint density at radius 1 is 1.00 bits per heavy atom. The highest BCUT2D eigenvalue weighted by molar-refractivity contribution is 6.32. The van der Waals surface area contributed by atoms with Crippen molar-refractivity contribution < 1.29 is 4.74 Å². The second-order valence-electron chi connectivity index (χ2n) is 5.84. The van der Waals surface area contributed by atoms with Crippen LogP contribution in [0.25, 0.3) is 0 Å². The molecule has 0 saturated carbocycles. The van der Waals surface area contributed by atoms with Gasteiger partial charge in [-0.15, -0.1) is 0 Å². The van der Waals surface area contributed by atoms with Gasteiger partial charge in [-0.3, -0.25) is 4.90 Å². The molecule has 0 bridgehead atoms. The number of aromatic nitrogens is 2. The standard InChI is InChI=1S/C15H22Cl2N4O/c16-13-12-4-1-2-6-21(14(12)19-15(17)18-13)7-3-5-20-8-10-22-11-9-20/h1-11H2. The molecule has 0 spiro atoms. The van der Waals surface area contributed by atoms with Crippen LogP contribution in [0.2, 0.25) is 10.4 Å². The molecule has 2 aliphatic rings. The summed E-state index contributed by atoms with van der Waals surface area (Å²) in [5, 5.41) is 0.749. The summed E-state index contributed by atoms with van der Waals surface area (Å²) >= 11 is 12.3. The number of hydrogen-bond donors (Lipinski definition) is 0. The van der Waals surface area contributed by atoms with Gasteiger partial charge in [-0.1, -0.05) is 11.6 Å². The van der Waals surface area contributed by atoms with E-state index in [1.807, 2.05) is 0 Å². The first-order chi connectivity index (χ1) is 10.7. The van der Waals surface area contributed by atoms with Crippen LogP contribution in [-0.4, -0.2) is 60.8 Å². The van der Waals surface area contributed by atoms with Crippen LogP contribution in [0.15, 0.2) is 0 Å². The van der Waals surface area contributed by atoms with Crippen LogP contribution in [0.4, 0.5) is 5.82 Å². The first kappa shape index (κ1) is 16.2. The van der Waals surface area contributed by atoms with Gasteiger partial charge in [-0.05, 0) is 37.3 Å². The Bertz CT molecular complexity index is 509. The van der Waals surface area contributed by atoms with E-state index in [9.17, 15) is 0 Å². The van der Waals surface area contributed by atoms with Crippen LogP contribution in [0, 0.1) is 0 Å². The highest BCUT2D eigenvalue weighted by Crippen LogP contribution is 2.30. The van der Waals surface area contributed by atoms with Crippen molar-refractivity contribution in [3.8, 4) is 0 Å². The van der Waals surface area contributed by atoms with Crippen molar-refractivity contribution in [2.45, 2.75) is 25.7 Å². The number of rotatable bonds is 4. The molecular weight excluding hydrogens is 323 g/mol. The van der Waals surface area contributed by atoms with Gasteiger partial charge in [0.15, 0.2) is 0 Å². The molecule has 3 heterocycles. The topological polar surface area (TPSA) is 41.5 Å². The SMILES string of the molecule is Clc1nc(Cl)c2c(n1)N(CCCN1CCOCC1)CCCC2. The van der Waals surface area contributed by atoms with E-state index >= 15 is 0 Å². The molecule has 3 rings (SSSR count). The maximum atomic E-state index is 6.26. The average molecular weight is 345 g/mol. The lowest BCUT2D eigenvalue weighted by atomic mass is 10.1. The van der Waals surface area contributed by atoms with E-state index in [1.54, 1.807) is 0 Å². The Morgan fingerprint density at radius 3 is 2.64 bits per heavy atom. The van der Waals surface area contributed by atoms with Crippen molar-refractivity contribution in [2.75, 3.05) is 50.8 Å². The molecule has 0 amide bonds. The van der Waals surface area contributed by atoms with E-state index in [2.05, 4.69) is 19.8 Å². The summed E-state index contributed by atoms with van der Waals surface area (Å²) < 4.78 is 5.39. The van der Waals surface area contributed by atoms with E-state index in [1.165, 1.54) is 0 Å². The van der Waals surface area contributed by atoms with E-state index in [-0.39, 0.29) is 5.28 Å². The molecular formula is C15H22Cl2N4O. The predicted octanol–water partition coefficient (Wildman–Crippen LogP) is 2.65. The number of hydrogen-bond acceptors (Lipinski definition) is 5. The maximum Gasteiger partial charge on any atom is 0.225 e. The second-order valence-corrected chi connectivity index (χ2v) is 6.53. The number of morpholine rings is 1. The molecule has 5 nitrogen and oxygen atoms in total. The molecule has 0 atom stereocenters. The Kier molecular flexibility index (Phi) is 5.74. The zero-order valence-electron chi connectivity index (χ0n) is 12.7. The van der Waals surface area contributed by atoms with Crippen molar-refractivity contribution >= 4 is 29.0 Å². The highest BCUT2D eigenvalue weighted by atomic mass is 35.5. The quantitative estimate of drug-likeness (QED) is 0.620. The zero-order chi connectivity index (χ0) is 15.4. The average Bonchev–Trinajstić information content (AvgIpc) is 2.71. The van der Waals surface area contributed by atoms with Gasteiger partial charge in [0.05, 0.1) is 13.2 Å². The Balaban J connectivity index is 1.63. The first-order valence-corrected chi connectivity index (χ1v) is 8.76. The third kappa shape index (κ3) is 4.02. The van der Waals surface area contributed by atoms with Crippen molar-refractivity contribution in [1.29, 1.82) is 0 Å². The maximum absolute atomic E-state index is 6.26. The van der Waals surface area contributed by atoms with Gasteiger partial charge >= 0.3 is 0 Å². The number of halogens is 2. The van der Waals surface area contributed by atoms with Crippen LogP contribution in [-0.2, 0) is 11.2 Å². The van der Waals surface area contributed by atoms with Crippen LogP contribution >= 0.6 is 23.2 Å². The fraction of sp³-hybridized carbons (Fsp3) is 0.733. The summed E-state index contributed by atoms with van der Waals surface area (Å²) in [6.07, 6.45) is 4.32. The van der Waals surface area contributed by atoms with Gasteiger partial charge in [0.25, 0.3) is 0 Å². The normalized spacial score (nSPS) is 19.8. The van der Waals surface area contributed by atoms with Gasteiger partial charge in [-0.2, -0.15) is 0 Å². The Morgan fingerprint density at radius 2 is 1.82 bits per heavy atom. The molecule has 1 aromatic heterocycles. The molecule has 0 aromatic carbocycles. The van der Waals surface area contributed by atoms with Crippen molar-refractivity contribution in [3.63, 3.8) is 0 Å². The minimum atomic E-state index is 0.240. The molecule has 1 fully saturated rings. The molecule has 22 heavy (non-hydrogen) atoms. The molecule has 1 saturated heterocycles. The lowest BCUT2D eigenvalue weighted by Gasteiger charge is -2.29. The van der Waals surface area contributed by atoms with E-state index in [0.29, 0.717) is 5.15 Å². The molecule has 122 valence electrons. The van der Waals surface area contributed by atoms with Crippen LogP contribution in [0.5, 0.6) is 0 Å². The molecule has 0 radical (unpaired) electrons. The largest absolute Gasteiger partial charge is 0.379 e. The van der Waals surface area contributed by atoms with Gasteiger partial charge in [0.2, 0.25) is 5.28 Å². The zero-order valence-corrected chi connectivity index (χ0v) is 14.2. The molecule has 0 aliphatic carbocycles. The molecule has 0 unspecified atom stereocenters. The summed E-state index contributed by atoms with van der Waals surface area (Å²) in [6.45, 7) is 6.87. The smallest absolute Gasteiger partial charge is 0.225 e. The summed E-state index contributed by atoms with van der Waals surface area (Å²) in [7, 11) is 0. The van der Waals surface area contributed by atoms with Crippen molar-refractivity contribution in [2.24, 2.45) is 0 Å². The van der Waals surface area contributed by atoms with E-state index < -0.39 is 0 Å². The van der Waals surface area contributed by atoms with Crippen LogP contribution in [0.1, 0.15) is 24.8 Å². The second kappa shape index (κ2) is 7.77. The van der Waals surface area contributed by atoms with Gasteiger partial charge < -0.3 is 9.64 Å². The number of ether oxygens (including phenoxy) is 1. The summed E-state index contributed by atoms with van der Waals surface area (Å²) in [6, 6.07) is 0. The molecule has 0 N–H and O–H groups in total. The Labute approximate surface area is 141 Å². The van der Waals surface area contributed by atoms with Crippen molar-refractivity contribution in [3.05, 3.63) is 16.0 Å². The third-order valence-corrected chi connectivity index (χ3v) is 4.80. The van der Waals surface area contributed by atoms with Gasteiger partial charge in [0.1, 0.15) is 11.0 Å². The lowest BCUT2D eigenvalue weighted by Crippen LogP contribution is -2.38. The summed E-state index contributed by atoms with van der Waals surface area (Å²) in [5.74, 6) is 0.935. The molecule has 2 aliphatic heterocycles. The predicted molar refractivity (Wildman–Crippen MR) is 89.1 cm³/mol. The third-order valence-electron chi connectivity index (χ3n) is 4.32. The van der Waals surface area contributed by atoms with E-state index in [0.717, 1.165) is 83.0 Å². The first-order valence-electron chi connectivity index (χ1n) is 8.01. The van der Waals surface area contributed by atoms with Crippen molar-refractivity contribution in [1.82, 2.24) is 14.9 Å². The van der Waals surface area contributed by atoms with Gasteiger partial charge in [0, 0.05) is 38.3 Å². The number of fused-ring (bicyclic) bond motifs is 1. The van der Waals surface area contributed by atoms with Crippen LogP contribution in [0.3, 0.4) is 0 Å². The van der Waals surface area contributed by atoms with Crippen LogP contribution < -0.4 is 4.90 Å². The fourth-order valence-electron chi connectivity index (χ4n) is 3.14. The Hall–Kier alpha value is -0.620. The minimum Gasteiger partial charge on any atom is -0.379 e. The lowest BCUT2D eigenvalue weighted by molar-refractivity contribution is 0.0376. The van der Waals surface area contributed by atoms with Gasteiger partial charge in [-0.25, -0.2) is 9.97 Å². The minimum absolute atomic E-state index is 0.240. The number of nitrogens with zero attached hydrogens (tertiary/aromatic N) is 4. The highest BCUT2D eigenvalue weighted by Gasteiger charge is 2.21. The molecule has 7 heteroatoms. The summed E-state index contributed by atoms with van der Waals surface area (Å²) in [5.41, 5.74) is 1.05. The monoisotopic (exact) mass is 344 g/mol. The summed E-state index contributed by atoms with van der Waals surface area (Å²) in [4.78, 5) is 13.3. The molecule has 1 aromatic rings. The van der Waals surface area contributed by atoms with E-state index in [4.69, 9.17) is 27.9 Å². The number of anilines is 1. The fourth-order valence-corrected chi connectivity index (χ4v) is 3.60.